The zero-order valence-electron chi connectivity index (χ0n) is 15.7. The summed E-state index contributed by atoms with van der Waals surface area (Å²) < 4.78 is 40.8. The maximum Gasteiger partial charge on any atom is 0.424 e. The van der Waals surface area contributed by atoms with Crippen LogP contribution in [-0.2, 0) is 29.0 Å². The molecule has 1 N–H and O–H groups in total. The SMILES string of the molecule is COC(=O)C[C@H]1[C@H](CCNC(=O)OC)OC(=O)N1S(=O)(=O)c1ccc(C)cc1. The summed E-state index contributed by atoms with van der Waals surface area (Å²) in [6.07, 6.45) is -3.00. The Morgan fingerprint density at radius 1 is 1.18 bits per heavy atom. The van der Waals surface area contributed by atoms with Crippen LogP contribution in [0, 0.1) is 6.92 Å². The van der Waals surface area contributed by atoms with E-state index in [0.29, 0.717) is 4.31 Å². The Kier molecular flexibility index (Phi) is 6.84. The fourth-order valence-electron chi connectivity index (χ4n) is 2.75. The molecule has 1 aliphatic rings. The molecular formula is C17H22N2O8S. The molecule has 0 unspecified atom stereocenters. The Labute approximate surface area is 162 Å². The van der Waals surface area contributed by atoms with E-state index in [-0.39, 0.29) is 24.3 Å². The molecular weight excluding hydrogens is 392 g/mol. The molecule has 2 rings (SSSR count). The lowest BCUT2D eigenvalue weighted by Gasteiger charge is -2.23. The lowest BCUT2D eigenvalue weighted by atomic mass is 10.1. The van der Waals surface area contributed by atoms with Gasteiger partial charge in [0.05, 0.1) is 31.6 Å². The second-order valence-corrected chi connectivity index (χ2v) is 7.91. The minimum absolute atomic E-state index is 0.0563. The van der Waals surface area contributed by atoms with Crippen molar-refractivity contribution < 1.29 is 37.0 Å². The van der Waals surface area contributed by atoms with Gasteiger partial charge in [-0.15, -0.1) is 0 Å². The van der Waals surface area contributed by atoms with E-state index in [1.807, 2.05) is 0 Å². The standard InChI is InChI=1S/C17H22N2O8S/c1-11-4-6-12(7-5-11)28(23,24)19-13(10-15(20)25-2)14(27-17(19)22)8-9-18-16(21)26-3/h4-7,13-14H,8-10H2,1-3H3,(H,18,21)/t13-,14-/m0/s1. The second-order valence-electron chi connectivity index (χ2n) is 6.09. The van der Waals surface area contributed by atoms with Crippen LogP contribution in [0.2, 0.25) is 0 Å². The average molecular weight is 414 g/mol. The van der Waals surface area contributed by atoms with E-state index < -0.39 is 40.3 Å². The highest BCUT2D eigenvalue weighted by Crippen LogP contribution is 2.31. The predicted octanol–water partition coefficient (Wildman–Crippen LogP) is 1.18. The molecule has 1 aliphatic heterocycles. The van der Waals surface area contributed by atoms with Gasteiger partial charge in [0.2, 0.25) is 0 Å². The van der Waals surface area contributed by atoms with Crippen molar-refractivity contribution in [1.29, 1.82) is 0 Å². The van der Waals surface area contributed by atoms with Gasteiger partial charge in [-0.3, -0.25) is 4.79 Å². The number of alkyl carbamates (subject to hydrolysis) is 1. The fourth-order valence-corrected chi connectivity index (χ4v) is 4.27. The third-order valence-electron chi connectivity index (χ3n) is 4.23. The number of carbonyl (C=O) groups excluding carboxylic acids is 3. The van der Waals surface area contributed by atoms with Crippen molar-refractivity contribution in [1.82, 2.24) is 9.62 Å². The molecule has 2 amide bonds. The summed E-state index contributed by atoms with van der Waals surface area (Å²) in [5, 5.41) is 2.42. The van der Waals surface area contributed by atoms with E-state index in [9.17, 15) is 22.8 Å². The van der Waals surface area contributed by atoms with Gasteiger partial charge in [-0.1, -0.05) is 17.7 Å². The number of esters is 1. The van der Waals surface area contributed by atoms with Gasteiger partial charge in [-0.2, -0.15) is 4.31 Å². The molecule has 154 valence electrons. The third kappa shape index (κ3) is 4.71. The molecule has 0 aromatic heterocycles. The fraction of sp³-hybridized carbons (Fsp3) is 0.471. The maximum atomic E-state index is 13.0. The predicted molar refractivity (Wildman–Crippen MR) is 95.9 cm³/mol. The molecule has 1 aromatic rings. The number of carbonyl (C=O) groups is 3. The Balaban J connectivity index is 2.29. The van der Waals surface area contributed by atoms with Crippen molar-refractivity contribution in [3.63, 3.8) is 0 Å². The zero-order chi connectivity index (χ0) is 20.9. The van der Waals surface area contributed by atoms with Gasteiger partial charge >= 0.3 is 18.2 Å². The number of amides is 2. The highest BCUT2D eigenvalue weighted by Gasteiger charge is 2.49. The smallest absolute Gasteiger partial charge is 0.424 e. The number of nitrogens with one attached hydrogen (secondary N) is 1. The number of cyclic esters (lactones) is 1. The topological polar surface area (TPSA) is 128 Å². The van der Waals surface area contributed by atoms with Crippen LogP contribution >= 0.6 is 0 Å². The first-order valence-electron chi connectivity index (χ1n) is 8.41. The molecule has 10 nitrogen and oxygen atoms in total. The Bertz CT molecular complexity index is 837. The Hall–Kier alpha value is -2.82. The lowest BCUT2D eigenvalue weighted by Crippen LogP contribution is -2.43. The van der Waals surface area contributed by atoms with E-state index >= 15 is 0 Å². The van der Waals surface area contributed by atoms with Crippen molar-refractivity contribution in [2.75, 3.05) is 20.8 Å². The van der Waals surface area contributed by atoms with Crippen LogP contribution in [0.3, 0.4) is 0 Å². The largest absolute Gasteiger partial charge is 0.469 e. The van der Waals surface area contributed by atoms with Gasteiger partial charge in [-0.05, 0) is 19.1 Å². The van der Waals surface area contributed by atoms with Gasteiger partial charge in [0.25, 0.3) is 10.0 Å². The first kappa shape index (κ1) is 21.5. The molecule has 0 aliphatic carbocycles. The van der Waals surface area contributed by atoms with Crippen LogP contribution in [-0.4, -0.2) is 63.8 Å². The molecule has 2 atom stereocenters. The van der Waals surface area contributed by atoms with Crippen LogP contribution < -0.4 is 5.32 Å². The monoisotopic (exact) mass is 414 g/mol. The molecule has 0 saturated carbocycles. The third-order valence-corrected chi connectivity index (χ3v) is 6.03. The van der Waals surface area contributed by atoms with E-state index in [0.717, 1.165) is 12.7 Å². The van der Waals surface area contributed by atoms with E-state index in [2.05, 4.69) is 14.8 Å². The summed E-state index contributed by atoms with van der Waals surface area (Å²) in [4.78, 5) is 35.2. The van der Waals surface area contributed by atoms with Gasteiger partial charge < -0.3 is 19.5 Å². The highest BCUT2D eigenvalue weighted by molar-refractivity contribution is 7.89. The van der Waals surface area contributed by atoms with Crippen LogP contribution in [0.1, 0.15) is 18.4 Å². The average Bonchev–Trinajstić information content (AvgIpc) is 2.97. The summed E-state index contributed by atoms with van der Waals surface area (Å²) >= 11 is 0. The van der Waals surface area contributed by atoms with E-state index in [4.69, 9.17) is 4.74 Å². The number of methoxy groups -OCH3 is 2. The van der Waals surface area contributed by atoms with Gasteiger partial charge in [-0.25, -0.2) is 18.0 Å². The van der Waals surface area contributed by atoms with Crippen molar-refractivity contribution in [2.24, 2.45) is 0 Å². The number of sulfonamides is 1. The Morgan fingerprint density at radius 2 is 1.82 bits per heavy atom. The molecule has 0 spiro atoms. The number of rotatable bonds is 7. The summed E-state index contributed by atoms with van der Waals surface area (Å²) in [5.41, 5.74) is 0.848. The summed E-state index contributed by atoms with van der Waals surface area (Å²) in [7, 11) is -1.89. The maximum absolute atomic E-state index is 13.0. The van der Waals surface area contributed by atoms with Crippen molar-refractivity contribution >= 4 is 28.2 Å². The normalized spacial score (nSPS) is 19.1. The quantitative estimate of drug-likeness (QED) is 0.520. The molecule has 0 bridgehead atoms. The molecule has 11 heteroatoms. The number of nitrogens with zero attached hydrogens (tertiary/aromatic N) is 1. The first-order chi connectivity index (χ1) is 13.2. The molecule has 1 saturated heterocycles. The van der Waals surface area contributed by atoms with Gasteiger partial charge in [0, 0.05) is 13.0 Å². The first-order valence-corrected chi connectivity index (χ1v) is 9.85. The molecule has 28 heavy (non-hydrogen) atoms. The minimum Gasteiger partial charge on any atom is -0.469 e. The number of hydrogen-bond acceptors (Lipinski definition) is 8. The lowest BCUT2D eigenvalue weighted by molar-refractivity contribution is -0.141. The van der Waals surface area contributed by atoms with Gasteiger partial charge in [0.1, 0.15) is 6.10 Å². The highest BCUT2D eigenvalue weighted by atomic mass is 32.2. The van der Waals surface area contributed by atoms with Crippen molar-refractivity contribution in [3.05, 3.63) is 29.8 Å². The molecule has 1 heterocycles. The Morgan fingerprint density at radius 3 is 2.39 bits per heavy atom. The number of hydrogen-bond donors (Lipinski definition) is 1. The summed E-state index contributed by atoms with van der Waals surface area (Å²) in [6, 6.07) is 4.84. The summed E-state index contributed by atoms with van der Waals surface area (Å²) in [6.45, 7) is 1.85. The van der Waals surface area contributed by atoms with Crippen LogP contribution in [0.25, 0.3) is 0 Å². The number of ether oxygens (including phenoxy) is 3. The van der Waals surface area contributed by atoms with Crippen LogP contribution in [0.5, 0.6) is 0 Å². The van der Waals surface area contributed by atoms with E-state index in [1.165, 1.54) is 19.2 Å². The minimum atomic E-state index is -4.25. The van der Waals surface area contributed by atoms with E-state index in [1.54, 1.807) is 19.1 Å². The number of benzene rings is 1. The molecule has 1 fully saturated rings. The molecule has 1 aromatic carbocycles. The van der Waals surface area contributed by atoms with Crippen LogP contribution in [0.4, 0.5) is 9.59 Å². The van der Waals surface area contributed by atoms with Crippen LogP contribution in [0.15, 0.2) is 29.2 Å². The second kappa shape index (κ2) is 8.91. The van der Waals surface area contributed by atoms with Gasteiger partial charge in [0.15, 0.2) is 0 Å². The zero-order valence-corrected chi connectivity index (χ0v) is 16.5. The molecule has 0 radical (unpaired) electrons. The number of aryl methyl sites for hydroxylation is 1. The summed E-state index contributed by atoms with van der Waals surface area (Å²) in [5.74, 6) is -0.696. The van der Waals surface area contributed by atoms with Crippen molar-refractivity contribution in [3.8, 4) is 0 Å². The van der Waals surface area contributed by atoms with Crippen molar-refractivity contribution in [2.45, 2.75) is 36.8 Å².